The van der Waals surface area contributed by atoms with Crippen LogP contribution in [0.3, 0.4) is 0 Å². The quantitative estimate of drug-likeness (QED) is 0.393. The highest BCUT2D eigenvalue weighted by molar-refractivity contribution is 6.07. The highest BCUT2D eigenvalue weighted by atomic mass is 16.6. The Morgan fingerprint density at radius 1 is 0.971 bits per heavy atom. The van der Waals surface area contributed by atoms with Gasteiger partial charge in [0.2, 0.25) is 0 Å². The number of nitrogens with zero attached hydrogens (tertiary/aromatic N) is 3. The molecule has 6 nitrogen and oxygen atoms in total. The van der Waals surface area contributed by atoms with Crippen molar-refractivity contribution >= 4 is 27.9 Å². The molecule has 1 saturated heterocycles. The van der Waals surface area contributed by atoms with Crippen molar-refractivity contribution in [3.05, 3.63) is 60.0 Å². The van der Waals surface area contributed by atoms with Crippen molar-refractivity contribution in [1.29, 1.82) is 0 Å². The summed E-state index contributed by atoms with van der Waals surface area (Å²) in [5.41, 5.74) is 5.47. The normalized spacial score (nSPS) is 15.1. The molecule has 4 heterocycles. The molecule has 176 valence electrons. The summed E-state index contributed by atoms with van der Waals surface area (Å²) in [5, 5.41) is 2.04. The largest absolute Gasteiger partial charge is 0.460 e. The number of hydrogen-bond donors (Lipinski definition) is 1. The number of carbonyl (C=O) groups is 1. The molecule has 0 radical (unpaired) electrons. The van der Waals surface area contributed by atoms with E-state index in [9.17, 15) is 4.79 Å². The van der Waals surface area contributed by atoms with Crippen LogP contribution in [0.4, 0.5) is 0 Å². The summed E-state index contributed by atoms with van der Waals surface area (Å²) in [5.74, 6) is -0.275. The lowest BCUT2D eigenvalue weighted by atomic mass is 10.0. The second-order valence-electron chi connectivity index (χ2n) is 10.3. The monoisotopic (exact) mass is 456 g/mol. The van der Waals surface area contributed by atoms with Crippen molar-refractivity contribution < 1.29 is 9.53 Å². The Kier molecular flexibility index (Phi) is 6.09. The smallest absolute Gasteiger partial charge is 0.312 e. The molecule has 1 N–H and O–H groups in total. The Hall–Kier alpha value is -3.25. The molecular formula is C28H32N4O2. The van der Waals surface area contributed by atoms with Gasteiger partial charge in [0.05, 0.1) is 23.8 Å². The predicted octanol–water partition coefficient (Wildman–Crippen LogP) is 5.65. The molecule has 6 heteroatoms. The van der Waals surface area contributed by atoms with Crippen LogP contribution in [-0.2, 0) is 22.5 Å². The van der Waals surface area contributed by atoms with E-state index in [1.54, 1.807) is 6.20 Å². The highest BCUT2D eigenvalue weighted by Gasteiger charge is 2.18. The molecule has 1 aromatic carbocycles. The number of aromatic nitrogens is 3. The van der Waals surface area contributed by atoms with Gasteiger partial charge in [-0.3, -0.25) is 14.7 Å². The minimum Gasteiger partial charge on any atom is -0.460 e. The van der Waals surface area contributed by atoms with Crippen LogP contribution in [0.15, 0.2) is 48.8 Å². The molecule has 1 fully saturated rings. The fourth-order valence-electron chi connectivity index (χ4n) is 4.68. The summed E-state index contributed by atoms with van der Waals surface area (Å²) in [4.78, 5) is 27.3. The van der Waals surface area contributed by atoms with Crippen molar-refractivity contribution in [3.8, 4) is 11.1 Å². The Labute approximate surface area is 200 Å². The molecule has 5 rings (SSSR count). The minimum atomic E-state index is -0.510. The number of H-pyrrole nitrogens is 1. The first kappa shape index (κ1) is 22.5. The SMILES string of the molecule is CC(C)(C)OC(=O)Cc1cc2c(cn1)[nH]c1ncc(-c3ccc(CN4CCCCC4)cc3)cc12. The number of benzene rings is 1. The van der Waals surface area contributed by atoms with Gasteiger partial charge in [0.1, 0.15) is 11.2 Å². The fourth-order valence-corrected chi connectivity index (χ4v) is 4.68. The van der Waals surface area contributed by atoms with E-state index in [1.165, 1.54) is 37.9 Å². The number of rotatable bonds is 5. The summed E-state index contributed by atoms with van der Waals surface area (Å²) < 4.78 is 5.46. The van der Waals surface area contributed by atoms with Crippen LogP contribution in [0, 0.1) is 0 Å². The summed E-state index contributed by atoms with van der Waals surface area (Å²) in [7, 11) is 0. The molecule has 1 aliphatic rings. The number of aromatic amines is 1. The van der Waals surface area contributed by atoms with E-state index in [-0.39, 0.29) is 12.4 Å². The third kappa shape index (κ3) is 5.12. The average molecular weight is 457 g/mol. The topological polar surface area (TPSA) is 71.1 Å². The van der Waals surface area contributed by atoms with Gasteiger partial charge in [-0.2, -0.15) is 0 Å². The van der Waals surface area contributed by atoms with E-state index >= 15 is 0 Å². The van der Waals surface area contributed by atoms with Crippen LogP contribution in [0.25, 0.3) is 33.1 Å². The van der Waals surface area contributed by atoms with Crippen LogP contribution < -0.4 is 0 Å². The van der Waals surface area contributed by atoms with Crippen molar-refractivity contribution in [2.75, 3.05) is 13.1 Å². The first-order chi connectivity index (χ1) is 16.3. The number of carbonyl (C=O) groups excluding carboxylic acids is 1. The Morgan fingerprint density at radius 2 is 1.74 bits per heavy atom. The zero-order valence-electron chi connectivity index (χ0n) is 20.2. The van der Waals surface area contributed by atoms with Crippen molar-refractivity contribution in [2.45, 2.75) is 58.6 Å². The standard InChI is InChI=1S/C28H32N4O2/c1-28(2,3)34-26(33)15-22-14-23-24-13-21(16-30-27(24)31-25(23)17-29-22)20-9-7-19(8-10-20)18-32-11-5-4-6-12-32/h7-10,13-14,16-17H,4-6,11-12,15,18H2,1-3H3,(H,30,31). The number of fused-ring (bicyclic) bond motifs is 3. The van der Waals surface area contributed by atoms with Gasteiger partial charge in [-0.05, 0) is 70.0 Å². The Morgan fingerprint density at radius 3 is 2.47 bits per heavy atom. The third-order valence-corrected chi connectivity index (χ3v) is 6.28. The average Bonchev–Trinajstić information content (AvgIpc) is 3.16. The molecule has 0 unspecified atom stereocenters. The van der Waals surface area contributed by atoms with E-state index in [1.807, 2.05) is 33.0 Å². The molecule has 0 atom stereocenters. The van der Waals surface area contributed by atoms with Gasteiger partial charge in [0.25, 0.3) is 0 Å². The third-order valence-electron chi connectivity index (χ3n) is 6.28. The molecule has 3 aromatic heterocycles. The Balaban J connectivity index is 1.39. The van der Waals surface area contributed by atoms with Crippen molar-refractivity contribution in [3.63, 3.8) is 0 Å². The summed E-state index contributed by atoms with van der Waals surface area (Å²) in [6.07, 6.45) is 7.80. The van der Waals surface area contributed by atoms with Gasteiger partial charge in [-0.15, -0.1) is 0 Å². The number of nitrogens with one attached hydrogen (secondary N) is 1. The van der Waals surface area contributed by atoms with Gasteiger partial charge < -0.3 is 9.72 Å². The zero-order chi connectivity index (χ0) is 23.7. The lowest BCUT2D eigenvalue weighted by Gasteiger charge is -2.26. The minimum absolute atomic E-state index is 0.144. The lowest BCUT2D eigenvalue weighted by molar-refractivity contribution is -0.153. The van der Waals surface area contributed by atoms with Crippen LogP contribution in [0.1, 0.15) is 51.3 Å². The molecule has 0 saturated carbocycles. The molecule has 4 aromatic rings. The van der Waals surface area contributed by atoms with Crippen molar-refractivity contribution in [2.24, 2.45) is 0 Å². The maximum atomic E-state index is 12.3. The molecule has 34 heavy (non-hydrogen) atoms. The maximum absolute atomic E-state index is 12.3. The summed E-state index contributed by atoms with van der Waals surface area (Å²) >= 11 is 0. The van der Waals surface area contributed by atoms with Gasteiger partial charge in [-0.1, -0.05) is 30.7 Å². The van der Waals surface area contributed by atoms with Gasteiger partial charge in [-0.25, -0.2) is 4.98 Å². The molecular weight excluding hydrogens is 424 g/mol. The second-order valence-corrected chi connectivity index (χ2v) is 10.3. The number of likely N-dealkylation sites (tertiary alicyclic amines) is 1. The molecule has 1 aliphatic heterocycles. The second kappa shape index (κ2) is 9.18. The molecule has 0 bridgehead atoms. The van der Waals surface area contributed by atoms with Crippen LogP contribution in [0.2, 0.25) is 0 Å². The fraction of sp³-hybridized carbons (Fsp3) is 0.393. The van der Waals surface area contributed by atoms with E-state index in [4.69, 9.17) is 4.74 Å². The van der Waals surface area contributed by atoms with Gasteiger partial charge in [0.15, 0.2) is 0 Å². The molecule has 0 spiro atoms. The van der Waals surface area contributed by atoms with Crippen LogP contribution in [0.5, 0.6) is 0 Å². The first-order valence-corrected chi connectivity index (χ1v) is 12.1. The summed E-state index contributed by atoms with van der Waals surface area (Å²) in [6.45, 7) is 9.03. The Bertz CT molecular complexity index is 1310. The van der Waals surface area contributed by atoms with Crippen molar-refractivity contribution in [1.82, 2.24) is 19.9 Å². The van der Waals surface area contributed by atoms with E-state index in [0.29, 0.717) is 5.69 Å². The number of esters is 1. The maximum Gasteiger partial charge on any atom is 0.312 e. The van der Waals surface area contributed by atoms with Crippen LogP contribution in [-0.4, -0.2) is 44.5 Å². The van der Waals surface area contributed by atoms with E-state index < -0.39 is 5.60 Å². The van der Waals surface area contributed by atoms with E-state index in [2.05, 4.69) is 50.2 Å². The lowest BCUT2D eigenvalue weighted by Crippen LogP contribution is -2.28. The first-order valence-electron chi connectivity index (χ1n) is 12.1. The van der Waals surface area contributed by atoms with Gasteiger partial charge in [0, 0.05) is 29.1 Å². The highest BCUT2D eigenvalue weighted by Crippen LogP contribution is 2.29. The van der Waals surface area contributed by atoms with Gasteiger partial charge >= 0.3 is 5.97 Å². The van der Waals surface area contributed by atoms with E-state index in [0.717, 1.165) is 39.6 Å². The predicted molar refractivity (Wildman–Crippen MR) is 136 cm³/mol. The number of ether oxygens (including phenoxy) is 1. The number of pyridine rings is 2. The zero-order valence-corrected chi connectivity index (χ0v) is 20.2. The molecule has 0 amide bonds. The number of hydrogen-bond acceptors (Lipinski definition) is 5. The number of piperidine rings is 1. The van der Waals surface area contributed by atoms with Crippen LogP contribution >= 0.6 is 0 Å². The molecule has 0 aliphatic carbocycles. The summed E-state index contributed by atoms with van der Waals surface area (Å²) in [6, 6.07) is 13.0.